The van der Waals surface area contributed by atoms with Crippen LogP contribution in [0.15, 0.2) is 36.9 Å². The minimum atomic E-state index is -0.341. The Morgan fingerprint density at radius 1 is 1.12 bits per heavy atom. The molecular formula is C17H21N3O4. The van der Waals surface area contributed by atoms with E-state index in [9.17, 15) is 14.4 Å². The summed E-state index contributed by atoms with van der Waals surface area (Å²) in [5, 5.41) is 2.63. The van der Waals surface area contributed by atoms with Gasteiger partial charge in [-0.1, -0.05) is 6.58 Å². The van der Waals surface area contributed by atoms with Crippen LogP contribution in [0.3, 0.4) is 0 Å². The van der Waals surface area contributed by atoms with Gasteiger partial charge in [0.15, 0.2) is 0 Å². The summed E-state index contributed by atoms with van der Waals surface area (Å²) in [7, 11) is 0. The second-order valence-corrected chi connectivity index (χ2v) is 5.25. The van der Waals surface area contributed by atoms with Gasteiger partial charge in [0.25, 0.3) is 5.91 Å². The summed E-state index contributed by atoms with van der Waals surface area (Å²) in [5.41, 5.74) is 1.14. The van der Waals surface area contributed by atoms with Gasteiger partial charge in [-0.25, -0.2) is 4.79 Å². The fourth-order valence-corrected chi connectivity index (χ4v) is 2.38. The van der Waals surface area contributed by atoms with Crippen LogP contribution in [0, 0.1) is 0 Å². The molecule has 0 spiro atoms. The molecule has 1 N–H and O–H groups in total. The Morgan fingerprint density at radius 3 is 2.25 bits per heavy atom. The third-order valence-electron chi connectivity index (χ3n) is 3.68. The van der Waals surface area contributed by atoms with Crippen molar-refractivity contribution in [2.45, 2.75) is 6.92 Å². The minimum absolute atomic E-state index is 0.0971. The molecule has 0 unspecified atom stereocenters. The number of rotatable bonds is 4. The monoisotopic (exact) mass is 331 g/mol. The maximum atomic E-state index is 12.5. The Morgan fingerprint density at radius 2 is 1.71 bits per heavy atom. The summed E-state index contributed by atoms with van der Waals surface area (Å²) in [4.78, 5) is 38.7. The lowest BCUT2D eigenvalue weighted by Crippen LogP contribution is -2.50. The van der Waals surface area contributed by atoms with E-state index in [-0.39, 0.29) is 17.9 Å². The predicted molar refractivity (Wildman–Crippen MR) is 89.8 cm³/mol. The summed E-state index contributed by atoms with van der Waals surface area (Å²) in [5.74, 6) is -0.399. The molecule has 0 bridgehead atoms. The number of amides is 3. The van der Waals surface area contributed by atoms with Crippen LogP contribution in [0.25, 0.3) is 0 Å². The Balaban J connectivity index is 1.92. The van der Waals surface area contributed by atoms with E-state index in [4.69, 9.17) is 4.74 Å². The van der Waals surface area contributed by atoms with E-state index >= 15 is 0 Å². The summed E-state index contributed by atoms with van der Waals surface area (Å²) in [6.07, 6.45) is 0.842. The van der Waals surface area contributed by atoms with Crippen molar-refractivity contribution in [1.29, 1.82) is 0 Å². The smallest absolute Gasteiger partial charge is 0.409 e. The van der Waals surface area contributed by atoms with Gasteiger partial charge in [-0.15, -0.1) is 0 Å². The van der Waals surface area contributed by atoms with Crippen molar-refractivity contribution in [1.82, 2.24) is 9.80 Å². The molecule has 1 heterocycles. The molecule has 0 saturated carbocycles. The SMILES string of the molecule is C=CC(=O)Nc1ccc(C(=O)N2CCN(C(=O)OCC)CC2)cc1. The summed E-state index contributed by atoms with van der Waals surface area (Å²) < 4.78 is 4.96. The molecule has 128 valence electrons. The van der Waals surface area contributed by atoms with E-state index in [0.717, 1.165) is 0 Å². The molecule has 1 aromatic carbocycles. The zero-order valence-corrected chi connectivity index (χ0v) is 13.7. The van der Waals surface area contributed by atoms with Gasteiger partial charge in [0, 0.05) is 37.4 Å². The maximum absolute atomic E-state index is 12.5. The van der Waals surface area contributed by atoms with E-state index in [1.165, 1.54) is 6.08 Å². The summed E-state index contributed by atoms with van der Waals surface area (Å²) in [6.45, 7) is 7.33. The Hall–Kier alpha value is -2.83. The number of nitrogens with zero attached hydrogens (tertiary/aromatic N) is 2. The van der Waals surface area contributed by atoms with E-state index in [1.54, 1.807) is 41.0 Å². The minimum Gasteiger partial charge on any atom is -0.450 e. The van der Waals surface area contributed by atoms with Crippen LogP contribution in [-0.2, 0) is 9.53 Å². The van der Waals surface area contributed by atoms with Crippen LogP contribution < -0.4 is 5.32 Å². The molecule has 2 rings (SSSR count). The highest BCUT2D eigenvalue weighted by Gasteiger charge is 2.25. The van der Waals surface area contributed by atoms with Gasteiger partial charge in [-0.3, -0.25) is 9.59 Å². The van der Waals surface area contributed by atoms with Crippen LogP contribution in [0.5, 0.6) is 0 Å². The van der Waals surface area contributed by atoms with Crippen molar-refractivity contribution < 1.29 is 19.1 Å². The van der Waals surface area contributed by atoms with Crippen molar-refractivity contribution in [3.63, 3.8) is 0 Å². The molecule has 7 heteroatoms. The third-order valence-corrected chi connectivity index (χ3v) is 3.68. The van der Waals surface area contributed by atoms with Crippen molar-refractivity contribution >= 4 is 23.6 Å². The molecule has 7 nitrogen and oxygen atoms in total. The van der Waals surface area contributed by atoms with Crippen LogP contribution >= 0.6 is 0 Å². The average Bonchev–Trinajstić information content (AvgIpc) is 2.62. The first-order valence-corrected chi connectivity index (χ1v) is 7.79. The number of ether oxygens (including phenoxy) is 1. The first-order chi connectivity index (χ1) is 11.5. The Kier molecular flexibility index (Phi) is 5.95. The van der Waals surface area contributed by atoms with Crippen molar-refractivity contribution in [2.24, 2.45) is 0 Å². The molecule has 0 atom stereocenters. The first-order valence-electron chi connectivity index (χ1n) is 7.79. The second-order valence-electron chi connectivity index (χ2n) is 5.25. The van der Waals surface area contributed by atoms with E-state index < -0.39 is 0 Å². The number of carbonyl (C=O) groups is 3. The molecule has 3 amide bonds. The Labute approximate surface area is 140 Å². The summed E-state index contributed by atoms with van der Waals surface area (Å²) in [6, 6.07) is 6.67. The van der Waals surface area contributed by atoms with Gasteiger partial charge in [0.1, 0.15) is 0 Å². The largest absolute Gasteiger partial charge is 0.450 e. The quantitative estimate of drug-likeness (QED) is 0.852. The maximum Gasteiger partial charge on any atom is 0.409 e. The highest BCUT2D eigenvalue weighted by Crippen LogP contribution is 2.13. The molecule has 1 saturated heterocycles. The van der Waals surface area contributed by atoms with E-state index in [0.29, 0.717) is 44.0 Å². The molecule has 24 heavy (non-hydrogen) atoms. The number of nitrogens with one attached hydrogen (secondary N) is 1. The topological polar surface area (TPSA) is 79.0 Å². The fourth-order valence-electron chi connectivity index (χ4n) is 2.38. The van der Waals surface area contributed by atoms with E-state index in [2.05, 4.69) is 11.9 Å². The number of benzene rings is 1. The predicted octanol–water partition coefficient (Wildman–Crippen LogP) is 1.73. The lowest BCUT2D eigenvalue weighted by molar-refractivity contribution is -0.111. The lowest BCUT2D eigenvalue weighted by atomic mass is 10.1. The van der Waals surface area contributed by atoms with Crippen molar-refractivity contribution in [2.75, 3.05) is 38.1 Å². The van der Waals surface area contributed by atoms with Crippen LogP contribution in [0.1, 0.15) is 17.3 Å². The zero-order valence-electron chi connectivity index (χ0n) is 13.7. The number of piperazine rings is 1. The van der Waals surface area contributed by atoms with Crippen molar-refractivity contribution in [3.05, 3.63) is 42.5 Å². The zero-order chi connectivity index (χ0) is 17.5. The first kappa shape index (κ1) is 17.5. The molecule has 0 radical (unpaired) electrons. The Bertz CT molecular complexity index is 619. The normalized spacial score (nSPS) is 14.0. The molecule has 1 aliphatic heterocycles. The van der Waals surface area contributed by atoms with Gasteiger partial charge in [-0.2, -0.15) is 0 Å². The number of hydrogen-bond donors (Lipinski definition) is 1. The van der Waals surface area contributed by atoms with Gasteiger partial charge < -0.3 is 19.9 Å². The van der Waals surface area contributed by atoms with Gasteiger partial charge in [-0.05, 0) is 37.3 Å². The lowest BCUT2D eigenvalue weighted by Gasteiger charge is -2.34. The molecule has 0 aliphatic carbocycles. The van der Waals surface area contributed by atoms with Gasteiger partial charge in [0.05, 0.1) is 6.61 Å². The van der Waals surface area contributed by atoms with Crippen LogP contribution in [0.2, 0.25) is 0 Å². The third kappa shape index (κ3) is 4.34. The molecule has 1 aromatic rings. The van der Waals surface area contributed by atoms with Crippen LogP contribution in [0.4, 0.5) is 10.5 Å². The average molecular weight is 331 g/mol. The number of hydrogen-bond acceptors (Lipinski definition) is 4. The molecular weight excluding hydrogens is 310 g/mol. The molecule has 0 aromatic heterocycles. The standard InChI is InChI=1S/C17H21N3O4/c1-3-15(21)18-14-7-5-13(6-8-14)16(22)19-9-11-20(12-10-19)17(23)24-4-2/h3,5-8H,1,4,9-12H2,2H3,(H,18,21). The molecule has 1 aliphatic rings. The van der Waals surface area contributed by atoms with Gasteiger partial charge >= 0.3 is 6.09 Å². The highest BCUT2D eigenvalue weighted by atomic mass is 16.6. The number of carbonyl (C=O) groups excluding carboxylic acids is 3. The fraction of sp³-hybridized carbons (Fsp3) is 0.353. The number of anilines is 1. The van der Waals surface area contributed by atoms with E-state index in [1.807, 2.05) is 0 Å². The molecule has 1 fully saturated rings. The van der Waals surface area contributed by atoms with Crippen molar-refractivity contribution in [3.8, 4) is 0 Å². The van der Waals surface area contributed by atoms with Gasteiger partial charge in [0.2, 0.25) is 5.91 Å². The van der Waals surface area contributed by atoms with Crippen LogP contribution in [-0.4, -0.2) is 60.5 Å². The second kappa shape index (κ2) is 8.14. The highest BCUT2D eigenvalue weighted by molar-refractivity contribution is 5.99. The summed E-state index contributed by atoms with van der Waals surface area (Å²) >= 11 is 0.